The second-order valence-electron chi connectivity index (χ2n) is 2.27. The summed E-state index contributed by atoms with van der Waals surface area (Å²) in [6, 6.07) is 1.89. The number of hydrogen-bond acceptors (Lipinski definition) is 2. The van der Waals surface area contributed by atoms with Crippen molar-refractivity contribution in [3.8, 4) is 0 Å². The summed E-state index contributed by atoms with van der Waals surface area (Å²) in [5.74, 6) is 0. The zero-order valence-corrected chi connectivity index (χ0v) is 7.93. The molecule has 1 aromatic rings. The largest absolute Gasteiger partial charge is 0.392 e. The molecule has 0 radical (unpaired) electrons. The predicted octanol–water partition coefficient (Wildman–Crippen LogP) is 1.90. The lowest BCUT2D eigenvalue weighted by Crippen LogP contribution is -1.95. The highest BCUT2D eigenvalue weighted by Crippen LogP contribution is 2.14. The Morgan fingerprint density at radius 3 is 2.91 bits per heavy atom. The molecule has 0 saturated heterocycles. The Balaban J connectivity index is 3.06. The van der Waals surface area contributed by atoms with E-state index in [0.717, 1.165) is 22.2 Å². The van der Waals surface area contributed by atoms with Crippen molar-refractivity contribution in [1.82, 2.24) is 4.98 Å². The van der Waals surface area contributed by atoms with Gasteiger partial charge in [0.15, 0.2) is 0 Å². The zero-order chi connectivity index (χ0) is 8.27. The monoisotopic (exact) mass is 215 g/mol. The Labute approximate surface area is 74.4 Å². The van der Waals surface area contributed by atoms with Crippen LogP contribution in [0.3, 0.4) is 0 Å². The summed E-state index contributed by atoms with van der Waals surface area (Å²) in [6.07, 6.45) is 2.61. The van der Waals surface area contributed by atoms with Crippen molar-refractivity contribution in [2.75, 3.05) is 0 Å². The number of pyridine rings is 1. The van der Waals surface area contributed by atoms with Crippen molar-refractivity contribution in [1.29, 1.82) is 0 Å². The van der Waals surface area contributed by atoms with E-state index in [0.29, 0.717) is 0 Å². The molecule has 0 fully saturated rings. The van der Waals surface area contributed by atoms with E-state index in [-0.39, 0.29) is 6.61 Å². The van der Waals surface area contributed by atoms with Crippen LogP contribution in [0, 0.1) is 0 Å². The minimum Gasteiger partial charge on any atom is -0.392 e. The van der Waals surface area contributed by atoms with Gasteiger partial charge in [-0.2, -0.15) is 0 Å². The van der Waals surface area contributed by atoms with Crippen LogP contribution < -0.4 is 0 Å². The minimum absolute atomic E-state index is 0.0651. The highest BCUT2D eigenvalue weighted by molar-refractivity contribution is 9.10. The molecule has 2 nitrogen and oxygen atoms in total. The molecular formula is C8H10BrNO. The number of halogens is 1. The second kappa shape index (κ2) is 3.83. The summed E-state index contributed by atoms with van der Waals surface area (Å²) in [5, 5.41) is 8.91. The second-order valence-corrected chi connectivity index (χ2v) is 3.19. The fourth-order valence-electron chi connectivity index (χ4n) is 0.965. The molecule has 1 heterocycles. The van der Waals surface area contributed by atoms with Crippen molar-refractivity contribution in [2.24, 2.45) is 0 Å². The van der Waals surface area contributed by atoms with Gasteiger partial charge in [0.2, 0.25) is 0 Å². The lowest BCUT2D eigenvalue weighted by Gasteiger charge is -2.02. The van der Waals surface area contributed by atoms with E-state index < -0.39 is 0 Å². The van der Waals surface area contributed by atoms with Gasteiger partial charge in [-0.05, 0) is 28.4 Å². The number of aryl methyl sites for hydroxylation is 1. The fraction of sp³-hybridized carbons (Fsp3) is 0.375. The SMILES string of the molecule is CCc1ncc(Br)cc1CO. The summed E-state index contributed by atoms with van der Waals surface area (Å²) in [4.78, 5) is 4.16. The van der Waals surface area contributed by atoms with Gasteiger partial charge in [-0.25, -0.2) is 0 Å². The van der Waals surface area contributed by atoms with E-state index in [1.165, 1.54) is 0 Å². The van der Waals surface area contributed by atoms with E-state index in [1.807, 2.05) is 13.0 Å². The minimum atomic E-state index is 0.0651. The van der Waals surface area contributed by atoms with Crippen LogP contribution >= 0.6 is 15.9 Å². The molecule has 0 aliphatic carbocycles. The fourth-order valence-corrected chi connectivity index (χ4v) is 1.34. The summed E-state index contributed by atoms with van der Waals surface area (Å²) in [6.45, 7) is 2.09. The number of aliphatic hydroxyl groups is 1. The van der Waals surface area contributed by atoms with E-state index in [2.05, 4.69) is 20.9 Å². The highest BCUT2D eigenvalue weighted by atomic mass is 79.9. The van der Waals surface area contributed by atoms with Gasteiger partial charge in [0.05, 0.1) is 6.61 Å². The van der Waals surface area contributed by atoms with Crippen LogP contribution in [0.25, 0.3) is 0 Å². The molecule has 0 spiro atoms. The number of rotatable bonds is 2. The van der Waals surface area contributed by atoms with Crippen LogP contribution in [-0.4, -0.2) is 10.1 Å². The molecule has 0 unspecified atom stereocenters. The Bertz CT molecular complexity index is 250. The van der Waals surface area contributed by atoms with Gasteiger partial charge in [-0.15, -0.1) is 0 Å². The maximum atomic E-state index is 8.91. The van der Waals surface area contributed by atoms with Crippen LogP contribution in [0.15, 0.2) is 16.7 Å². The van der Waals surface area contributed by atoms with Gasteiger partial charge in [0.1, 0.15) is 0 Å². The Kier molecular flexibility index (Phi) is 3.02. The summed E-state index contributed by atoms with van der Waals surface area (Å²) in [5.41, 5.74) is 1.87. The average molecular weight is 216 g/mol. The van der Waals surface area contributed by atoms with Gasteiger partial charge in [0, 0.05) is 21.9 Å². The number of aromatic nitrogens is 1. The molecule has 0 atom stereocenters. The molecule has 0 bridgehead atoms. The van der Waals surface area contributed by atoms with Crippen LogP contribution in [0.4, 0.5) is 0 Å². The maximum absolute atomic E-state index is 8.91. The lowest BCUT2D eigenvalue weighted by molar-refractivity contribution is 0.280. The van der Waals surface area contributed by atoms with Crippen LogP contribution in [0.1, 0.15) is 18.2 Å². The van der Waals surface area contributed by atoms with Crippen molar-refractivity contribution >= 4 is 15.9 Å². The van der Waals surface area contributed by atoms with Crippen molar-refractivity contribution < 1.29 is 5.11 Å². The van der Waals surface area contributed by atoms with Gasteiger partial charge in [-0.3, -0.25) is 4.98 Å². The Morgan fingerprint density at radius 2 is 2.36 bits per heavy atom. The Morgan fingerprint density at radius 1 is 1.64 bits per heavy atom. The first kappa shape index (κ1) is 8.68. The number of aliphatic hydroxyl groups excluding tert-OH is 1. The molecule has 0 amide bonds. The first-order valence-corrected chi connectivity index (χ1v) is 4.31. The third-order valence-corrected chi connectivity index (χ3v) is 1.97. The van der Waals surface area contributed by atoms with Crippen LogP contribution in [0.5, 0.6) is 0 Å². The van der Waals surface area contributed by atoms with Gasteiger partial charge >= 0.3 is 0 Å². The molecule has 1 N–H and O–H groups in total. The van der Waals surface area contributed by atoms with Crippen LogP contribution in [0.2, 0.25) is 0 Å². The first-order valence-electron chi connectivity index (χ1n) is 3.52. The normalized spacial score (nSPS) is 10.1. The number of hydrogen-bond donors (Lipinski definition) is 1. The van der Waals surface area contributed by atoms with Crippen molar-refractivity contribution in [3.63, 3.8) is 0 Å². The molecular weight excluding hydrogens is 206 g/mol. The molecule has 0 aliphatic rings. The molecule has 60 valence electrons. The molecule has 1 rings (SSSR count). The van der Waals surface area contributed by atoms with Gasteiger partial charge in [0.25, 0.3) is 0 Å². The van der Waals surface area contributed by atoms with Gasteiger partial charge in [-0.1, -0.05) is 6.92 Å². The van der Waals surface area contributed by atoms with Crippen molar-refractivity contribution in [2.45, 2.75) is 20.0 Å². The van der Waals surface area contributed by atoms with Crippen molar-refractivity contribution in [3.05, 3.63) is 28.0 Å². The molecule has 3 heteroatoms. The maximum Gasteiger partial charge on any atom is 0.0700 e. The topological polar surface area (TPSA) is 33.1 Å². The Hall–Kier alpha value is -0.410. The quantitative estimate of drug-likeness (QED) is 0.818. The number of nitrogens with zero attached hydrogens (tertiary/aromatic N) is 1. The van der Waals surface area contributed by atoms with Gasteiger partial charge < -0.3 is 5.11 Å². The third kappa shape index (κ3) is 2.01. The first-order chi connectivity index (χ1) is 5.27. The van der Waals surface area contributed by atoms with Crippen LogP contribution in [-0.2, 0) is 13.0 Å². The molecule has 0 aliphatic heterocycles. The highest BCUT2D eigenvalue weighted by Gasteiger charge is 2.00. The molecule has 11 heavy (non-hydrogen) atoms. The summed E-state index contributed by atoms with van der Waals surface area (Å²) >= 11 is 3.29. The molecule has 1 aromatic heterocycles. The molecule has 0 saturated carbocycles. The van der Waals surface area contributed by atoms with E-state index in [9.17, 15) is 0 Å². The van der Waals surface area contributed by atoms with E-state index in [1.54, 1.807) is 6.20 Å². The summed E-state index contributed by atoms with van der Waals surface area (Å²) < 4.78 is 0.916. The standard InChI is InChI=1S/C8H10BrNO/c1-2-8-6(5-11)3-7(9)4-10-8/h3-4,11H,2,5H2,1H3. The molecule has 0 aromatic carbocycles. The summed E-state index contributed by atoms with van der Waals surface area (Å²) in [7, 11) is 0. The average Bonchev–Trinajstić information content (AvgIpc) is 2.04. The predicted molar refractivity (Wildman–Crippen MR) is 47.2 cm³/mol. The third-order valence-electron chi connectivity index (χ3n) is 1.53. The van der Waals surface area contributed by atoms with E-state index >= 15 is 0 Å². The zero-order valence-electron chi connectivity index (χ0n) is 6.34. The smallest absolute Gasteiger partial charge is 0.0700 e. The lowest BCUT2D eigenvalue weighted by atomic mass is 10.2. The van der Waals surface area contributed by atoms with E-state index in [4.69, 9.17) is 5.11 Å².